The first-order valence-electron chi connectivity index (χ1n) is 8.87. The second kappa shape index (κ2) is 9.62. The average Bonchev–Trinajstić information content (AvgIpc) is 2.66. The highest BCUT2D eigenvalue weighted by Crippen LogP contribution is 2.38. The molecular formula is C20H23BrN2O4. The number of carbonyl (C=O) groups is 1. The molecule has 1 heterocycles. The Morgan fingerprint density at radius 1 is 1.19 bits per heavy atom. The van der Waals surface area contributed by atoms with E-state index < -0.39 is 0 Å². The van der Waals surface area contributed by atoms with Gasteiger partial charge in [0.15, 0.2) is 11.5 Å². The van der Waals surface area contributed by atoms with E-state index in [0.717, 1.165) is 23.2 Å². The molecule has 1 N–H and O–H groups in total. The number of anilines is 1. The van der Waals surface area contributed by atoms with Crippen molar-refractivity contribution in [3.63, 3.8) is 0 Å². The van der Waals surface area contributed by atoms with Gasteiger partial charge in [-0.15, -0.1) is 0 Å². The largest absolute Gasteiger partial charge is 0.494 e. The minimum Gasteiger partial charge on any atom is -0.494 e. The summed E-state index contributed by atoms with van der Waals surface area (Å²) in [5.41, 5.74) is 0.671. The summed E-state index contributed by atoms with van der Waals surface area (Å²) in [4.78, 5) is 14.3. The summed E-state index contributed by atoms with van der Waals surface area (Å²) in [6, 6.07) is 13.3. The first-order chi connectivity index (χ1) is 13.1. The molecule has 144 valence electrons. The van der Waals surface area contributed by atoms with Crippen molar-refractivity contribution in [1.29, 1.82) is 0 Å². The number of hydrogen-bond acceptors (Lipinski definition) is 5. The third-order valence-electron chi connectivity index (χ3n) is 4.02. The first kappa shape index (κ1) is 19.5. The van der Waals surface area contributed by atoms with Gasteiger partial charge < -0.3 is 19.5 Å². The van der Waals surface area contributed by atoms with E-state index in [0.29, 0.717) is 43.6 Å². The number of nitrogens with one attached hydrogen (secondary N) is 1. The lowest BCUT2D eigenvalue weighted by Gasteiger charge is -2.21. The van der Waals surface area contributed by atoms with E-state index in [2.05, 4.69) is 21.2 Å². The Labute approximate surface area is 167 Å². The van der Waals surface area contributed by atoms with Crippen LogP contribution in [0.4, 0.5) is 5.69 Å². The molecule has 0 saturated carbocycles. The van der Waals surface area contributed by atoms with Crippen molar-refractivity contribution in [3.05, 3.63) is 46.9 Å². The molecule has 0 unspecified atom stereocenters. The molecule has 0 spiro atoms. The van der Waals surface area contributed by atoms with Gasteiger partial charge in [-0.05, 0) is 41.5 Å². The maximum Gasteiger partial charge on any atom is 0.238 e. The fourth-order valence-corrected chi connectivity index (χ4v) is 3.14. The zero-order valence-corrected chi connectivity index (χ0v) is 16.8. The van der Waals surface area contributed by atoms with Crippen LogP contribution >= 0.6 is 15.9 Å². The summed E-state index contributed by atoms with van der Waals surface area (Å²) in [5.74, 6) is 2.10. The highest BCUT2D eigenvalue weighted by atomic mass is 79.9. The van der Waals surface area contributed by atoms with Crippen LogP contribution in [0.15, 0.2) is 46.9 Å². The van der Waals surface area contributed by atoms with Crippen LogP contribution in [0.25, 0.3) is 0 Å². The van der Waals surface area contributed by atoms with E-state index >= 15 is 0 Å². The summed E-state index contributed by atoms with van der Waals surface area (Å²) in [5, 5.41) is 2.91. The molecule has 6 nitrogen and oxygen atoms in total. The van der Waals surface area contributed by atoms with E-state index in [4.69, 9.17) is 14.2 Å². The molecule has 0 saturated heterocycles. The van der Waals surface area contributed by atoms with Crippen molar-refractivity contribution < 1.29 is 19.0 Å². The van der Waals surface area contributed by atoms with Gasteiger partial charge in [0, 0.05) is 23.2 Å². The fourth-order valence-electron chi connectivity index (χ4n) is 2.71. The SMILES string of the molecule is CN(CCCOc1ccccc1)CC(=O)Nc1cc2c(cc1Br)OCCO2. The van der Waals surface area contributed by atoms with Crippen molar-refractivity contribution in [1.82, 2.24) is 4.90 Å². The smallest absolute Gasteiger partial charge is 0.238 e. The van der Waals surface area contributed by atoms with Crippen LogP contribution in [0, 0.1) is 0 Å². The van der Waals surface area contributed by atoms with Gasteiger partial charge in [0.1, 0.15) is 19.0 Å². The van der Waals surface area contributed by atoms with Gasteiger partial charge in [0.25, 0.3) is 0 Å². The molecule has 0 radical (unpaired) electrons. The number of hydrogen-bond donors (Lipinski definition) is 1. The van der Waals surface area contributed by atoms with Crippen molar-refractivity contribution in [2.45, 2.75) is 6.42 Å². The lowest BCUT2D eigenvalue weighted by atomic mass is 10.2. The van der Waals surface area contributed by atoms with Gasteiger partial charge in [-0.25, -0.2) is 0 Å². The zero-order valence-electron chi connectivity index (χ0n) is 15.2. The van der Waals surface area contributed by atoms with Crippen LogP contribution in [0.5, 0.6) is 17.2 Å². The second-order valence-electron chi connectivity index (χ2n) is 6.28. The number of amides is 1. The number of para-hydroxylation sites is 1. The number of halogens is 1. The highest BCUT2D eigenvalue weighted by molar-refractivity contribution is 9.10. The van der Waals surface area contributed by atoms with Gasteiger partial charge >= 0.3 is 0 Å². The molecule has 0 aliphatic carbocycles. The molecule has 27 heavy (non-hydrogen) atoms. The number of fused-ring (bicyclic) bond motifs is 1. The molecular weight excluding hydrogens is 412 g/mol. The standard InChI is InChI=1S/C20H23BrN2O4/c1-23(8-5-9-25-15-6-3-2-4-7-15)14-20(24)22-17-13-19-18(12-16(17)21)26-10-11-27-19/h2-4,6-7,12-13H,5,8-11,14H2,1H3,(H,22,24). The maximum absolute atomic E-state index is 12.3. The van der Waals surface area contributed by atoms with Gasteiger partial charge in [0.05, 0.1) is 18.8 Å². The Bertz CT molecular complexity index is 770. The molecule has 1 aliphatic heterocycles. The first-order valence-corrected chi connectivity index (χ1v) is 9.66. The quantitative estimate of drug-likeness (QED) is 0.643. The van der Waals surface area contributed by atoms with Crippen LogP contribution in [0.3, 0.4) is 0 Å². The number of carbonyl (C=O) groups excluding carboxylic acids is 1. The van der Waals surface area contributed by atoms with E-state index in [-0.39, 0.29) is 5.91 Å². The highest BCUT2D eigenvalue weighted by Gasteiger charge is 2.16. The molecule has 0 aromatic heterocycles. The summed E-state index contributed by atoms with van der Waals surface area (Å²) in [7, 11) is 1.92. The minimum absolute atomic E-state index is 0.0844. The van der Waals surface area contributed by atoms with Crippen molar-refractivity contribution in [2.75, 3.05) is 45.3 Å². The van der Waals surface area contributed by atoms with Crippen molar-refractivity contribution in [2.24, 2.45) is 0 Å². The topological polar surface area (TPSA) is 60.0 Å². The molecule has 0 atom stereocenters. The molecule has 7 heteroatoms. The lowest BCUT2D eigenvalue weighted by Crippen LogP contribution is -2.31. The Hall–Kier alpha value is -2.25. The van der Waals surface area contributed by atoms with Crippen LogP contribution in [0.2, 0.25) is 0 Å². The fraction of sp³-hybridized carbons (Fsp3) is 0.350. The molecule has 1 aliphatic rings. The molecule has 2 aromatic rings. The van der Waals surface area contributed by atoms with Gasteiger partial charge in [0.2, 0.25) is 5.91 Å². The van der Waals surface area contributed by atoms with Crippen LogP contribution in [-0.4, -0.2) is 50.8 Å². The van der Waals surface area contributed by atoms with Crippen LogP contribution in [0.1, 0.15) is 6.42 Å². The summed E-state index contributed by atoms with van der Waals surface area (Å²) in [6.45, 7) is 2.72. The van der Waals surface area contributed by atoms with Gasteiger partial charge in [-0.2, -0.15) is 0 Å². The van der Waals surface area contributed by atoms with Crippen LogP contribution < -0.4 is 19.5 Å². The molecule has 2 aromatic carbocycles. The Morgan fingerprint density at radius 3 is 2.63 bits per heavy atom. The number of nitrogens with zero attached hydrogens (tertiary/aromatic N) is 1. The van der Waals surface area contributed by atoms with E-state index in [1.54, 1.807) is 6.07 Å². The normalized spacial score (nSPS) is 12.7. The molecule has 1 amide bonds. The molecule has 3 rings (SSSR count). The monoisotopic (exact) mass is 434 g/mol. The second-order valence-corrected chi connectivity index (χ2v) is 7.13. The predicted molar refractivity (Wildman–Crippen MR) is 108 cm³/mol. The maximum atomic E-state index is 12.3. The van der Waals surface area contributed by atoms with Crippen molar-refractivity contribution in [3.8, 4) is 17.2 Å². The lowest BCUT2D eigenvalue weighted by molar-refractivity contribution is -0.117. The van der Waals surface area contributed by atoms with Gasteiger partial charge in [-0.1, -0.05) is 18.2 Å². The van der Waals surface area contributed by atoms with Gasteiger partial charge in [-0.3, -0.25) is 9.69 Å². The third-order valence-corrected chi connectivity index (χ3v) is 4.67. The number of benzene rings is 2. The van der Waals surface area contributed by atoms with Crippen molar-refractivity contribution >= 4 is 27.5 Å². The summed E-state index contributed by atoms with van der Waals surface area (Å²) < 4.78 is 17.5. The van der Waals surface area contributed by atoms with E-state index in [9.17, 15) is 4.79 Å². The van der Waals surface area contributed by atoms with E-state index in [1.165, 1.54) is 0 Å². The molecule has 0 fully saturated rings. The predicted octanol–water partition coefficient (Wildman–Crippen LogP) is 3.56. The molecule has 0 bridgehead atoms. The third kappa shape index (κ3) is 5.87. The van der Waals surface area contributed by atoms with Crippen LogP contribution in [-0.2, 0) is 4.79 Å². The minimum atomic E-state index is -0.0844. The average molecular weight is 435 g/mol. The Morgan fingerprint density at radius 2 is 1.89 bits per heavy atom. The zero-order chi connectivity index (χ0) is 19.1. The number of rotatable bonds is 8. The van der Waals surface area contributed by atoms with E-state index in [1.807, 2.05) is 48.3 Å². The Balaban J connectivity index is 1.42. The summed E-state index contributed by atoms with van der Waals surface area (Å²) >= 11 is 3.46. The Kier molecular flexibility index (Phi) is 6.95. The number of ether oxygens (including phenoxy) is 3. The number of likely N-dealkylation sites (N-methyl/N-ethyl adjacent to an activating group) is 1. The summed E-state index contributed by atoms with van der Waals surface area (Å²) in [6.07, 6.45) is 0.840.